The third kappa shape index (κ3) is 4.08. The van der Waals surface area contributed by atoms with E-state index >= 15 is 0 Å². The smallest absolute Gasteiger partial charge is 0.0621 e. The second kappa shape index (κ2) is 6.80. The minimum Gasteiger partial charge on any atom is -0.330 e. The molecule has 1 saturated heterocycles. The number of piperidine rings is 1. The summed E-state index contributed by atoms with van der Waals surface area (Å²) < 4.78 is 0. The number of likely N-dealkylation sites (tertiary alicyclic amines) is 1. The van der Waals surface area contributed by atoms with Crippen LogP contribution in [0.4, 0.5) is 0 Å². The van der Waals surface area contributed by atoms with Gasteiger partial charge in [-0.2, -0.15) is 5.26 Å². The van der Waals surface area contributed by atoms with Gasteiger partial charge in [0.15, 0.2) is 0 Å². The average Bonchev–Trinajstić information content (AvgIpc) is 2.25. The molecule has 0 amide bonds. The highest BCUT2D eigenvalue weighted by Crippen LogP contribution is 2.15. The summed E-state index contributed by atoms with van der Waals surface area (Å²) in [5.41, 5.74) is 5.67. The third-order valence-electron chi connectivity index (χ3n) is 2.95. The predicted octanol–water partition coefficient (Wildman–Crippen LogP) is 1.35. The molecule has 0 aromatic carbocycles. The van der Waals surface area contributed by atoms with E-state index in [9.17, 15) is 0 Å². The quantitative estimate of drug-likeness (QED) is 0.674. The number of unbranched alkanes of at least 4 members (excludes halogenated alkanes) is 2. The summed E-state index contributed by atoms with van der Waals surface area (Å²) in [5, 5.41) is 8.40. The van der Waals surface area contributed by atoms with Crippen molar-refractivity contribution in [3.63, 3.8) is 0 Å². The Balaban J connectivity index is 2.08. The number of hydrogen-bond donors (Lipinski definition) is 1. The van der Waals surface area contributed by atoms with Crippen molar-refractivity contribution >= 4 is 0 Å². The lowest BCUT2D eigenvalue weighted by Crippen LogP contribution is -2.38. The molecule has 80 valence electrons. The highest BCUT2D eigenvalue weighted by molar-refractivity contribution is 4.74. The van der Waals surface area contributed by atoms with Crippen LogP contribution in [-0.2, 0) is 0 Å². The van der Waals surface area contributed by atoms with Gasteiger partial charge in [-0.05, 0) is 51.2 Å². The first-order chi connectivity index (χ1) is 6.86. The number of nitriles is 1. The zero-order valence-corrected chi connectivity index (χ0v) is 8.91. The lowest BCUT2D eigenvalue weighted by molar-refractivity contribution is 0.176. The van der Waals surface area contributed by atoms with Crippen LogP contribution >= 0.6 is 0 Å². The second-order valence-corrected chi connectivity index (χ2v) is 4.16. The predicted molar refractivity (Wildman–Crippen MR) is 57.7 cm³/mol. The molecule has 2 N–H and O–H groups in total. The van der Waals surface area contributed by atoms with Gasteiger partial charge >= 0.3 is 0 Å². The molecule has 1 aliphatic heterocycles. The van der Waals surface area contributed by atoms with Crippen molar-refractivity contribution < 1.29 is 0 Å². The van der Waals surface area contributed by atoms with Crippen molar-refractivity contribution in [2.75, 3.05) is 26.2 Å². The lowest BCUT2D eigenvalue weighted by atomic mass is 9.98. The van der Waals surface area contributed by atoms with Crippen LogP contribution < -0.4 is 5.73 Å². The van der Waals surface area contributed by atoms with Crippen LogP contribution in [0.3, 0.4) is 0 Å². The van der Waals surface area contributed by atoms with E-state index in [0.717, 1.165) is 25.9 Å². The van der Waals surface area contributed by atoms with Crippen molar-refractivity contribution in [2.24, 2.45) is 11.7 Å². The third-order valence-corrected chi connectivity index (χ3v) is 2.95. The minimum absolute atomic E-state index is 0.703. The Bertz CT molecular complexity index is 185. The molecular formula is C11H21N3. The molecule has 0 aromatic heterocycles. The molecule has 0 spiro atoms. The van der Waals surface area contributed by atoms with E-state index in [-0.39, 0.29) is 0 Å². The monoisotopic (exact) mass is 195 g/mol. The van der Waals surface area contributed by atoms with Gasteiger partial charge in [-0.1, -0.05) is 0 Å². The molecule has 0 radical (unpaired) electrons. The topological polar surface area (TPSA) is 53.0 Å². The van der Waals surface area contributed by atoms with E-state index in [1.54, 1.807) is 0 Å². The molecule has 1 fully saturated rings. The Morgan fingerprint density at radius 1 is 1.43 bits per heavy atom. The Labute approximate surface area is 86.9 Å². The Morgan fingerprint density at radius 2 is 2.29 bits per heavy atom. The van der Waals surface area contributed by atoms with Gasteiger partial charge in [0.1, 0.15) is 0 Å². The van der Waals surface area contributed by atoms with Crippen molar-refractivity contribution in [1.29, 1.82) is 5.26 Å². The standard InChI is InChI=1S/C11H21N3/c12-6-2-1-3-7-14-8-4-5-11(9-13)10-14/h11H,1-5,7-10,13H2. The molecule has 1 rings (SSSR count). The molecule has 1 heterocycles. The number of hydrogen-bond acceptors (Lipinski definition) is 3. The molecule has 0 saturated carbocycles. The van der Waals surface area contributed by atoms with Gasteiger partial charge in [0.2, 0.25) is 0 Å². The van der Waals surface area contributed by atoms with E-state index < -0.39 is 0 Å². The van der Waals surface area contributed by atoms with Gasteiger partial charge in [0.25, 0.3) is 0 Å². The molecule has 0 bridgehead atoms. The summed E-state index contributed by atoms with van der Waals surface area (Å²) in [6, 6.07) is 2.19. The first-order valence-electron chi connectivity index (χ1n) is 5.66. The normalized spacial score (nSPS) is 23.3. The van der Waals surface area contributed by atoms with Gasteiger partial charge in [-0.25, -0.2) is 0 Å². The largest absolute Gasteiger partial charge is 0.330 e. The number of rotatable bonds is 5. The van der Waals surface area contributed by atoms with Gasteiger partial charge in [-0.3, -0.25) is 0 Å². The van der Waals surface area contributed by atoms with Crippen molar-refractivity contribution in [1.82, 2.24) is 4.90 Å². The van der Waals surface area contributed by atoms with Crippen molar-refractivity contribution in [3.8, 4) is 6.07 Å². The SMILES string of the molecule is N#CCCCCN1CCCC(CN)C1. The molecular weight excluding hydrogens is 174 g/mol. The fourth-order valence-corrected chi connectivity index (χ4v) is 2.09. The Hall–Kier alpha value is -0.590. The van der Waals surface area contributed by atoms with Gasteiger partial charge in [-0.15, -0.1) is 0 Å². The summed E-state index contributed by atoms with van der Waals surface area (Å²) in [6.45, 7) is 4.37. The Kier molecular flexibility index (Phi) is 5.58. The molecule has 0 aromatic rings. The summed E-state index contributed by atoms with van der Waals surface area (Å²) >= 11 is 0. The highest BCUT2D eigenvalue weighted by atomic mass is 15.1. The van der Waals surface area contributed by atoms with E-state index in [4.69, 9.17) is 11.0 Å². The van der Waals surface area contributed by atoms with Crippen molar-refractivity contribution in [2.45, 2.75) is 32.1 Å². The molecule has 0 aliphatic carbocycles. The van der Waals surface area contributed by atoms with E-state index in [2.05, 4.69) is 11.0 Å². The maximum atomic E-state index is 8.40. The molecule has 3 nitrogen and oxygen atoms in total. The van der Waals surface area contributed by atoms with Gasteiger partial charge in [0, 0.05) is 13.0 Å². The molecule has 14 heavy (non-hydrogen) atoms. The average molecular weight is 195 g/mol. The summed E-state index contributed by atoms with van der Waals surface area (Å²) in [5.74, 6) is 0.708. The zero-order chi connectivity index (χ0) is 10.2. The summed E-state index contributed by atoms with van der Waals surface area (Å²) in [7, 11) is 0. The fraction of sp³-hybridized carbons (Fsp3) is 0.909. The van der Waals surface area contributed by atoms with Crippen molar-refractivity contribution in [3.05, 3.63) is 0 Å². The van der Waals surface area contributed by atoms with Crippen LogP contribution in [0, 0.1) is 17.2 Å². The second-order valence-electron chi connectivity index (χ2n) is 4.16. The first kappa shape index (κ1) is 11.5. The maximum Gasteiger partial charge on any atom is 0.0621 e. The molecule has 1 aliphatic rings. The minimum atomic E-state index is 0.703. The lowest BCUT2D eigenvalue weighted by Gasteiger charge is -2.31. The number of nitrogens with zero attached hydrogens (tertiary/aromatic N) is 2. The fourth-order valence-electron chi connectivity index (χ4n) is 2.09. The molecule has 1 atom stereocenters. The highest BCUT2D eigenvalue weighted by Gasteiger charge is 2.17. The molecule has 1 unspecified atom stereocenters. The summed E-state index contributed by atoms with van der Waals surface area (Å²) in [6.07, 6.45) is 5.49. The zero-order valence-electron chi connectivity index (χ0n) is 8.91. The van der Waals surface area contributed by atoms with Crippen LogP contribution in [0.5, 0.6) is 0 Å². The van der Waals surface area contributed by atoms with E-state index in [1.807, 2.05) is 0 Å². The maximum absolute atomic E-state index is 8.40. The van der Waals surface area contributed by atoms with Crippen LogP contribution in [0.15, 0.2) is 0 Å². The van der Waals surface area contributed by atoms with Crippen LogP contribution in [0.25, 0.3) is 0 Å². The van der Waals surface area contributed by atoms with Crippen LogP contribution in [-0.4, -0.2) is 31.1 Å². The van der Waals surface area contributed by atoms with Crippen LogP contribution in [0.1, 0.15) is 32.1 Å². The first-order valence-corrected chi connectivity index (χ1v) is 5.66. The summed E-state index contributed by atoms with van der Waals surface area (Å²) in [4.78, 5) is 2.50. The van der Waals surface area contributed by atoms with E-state index in [0.29, 0.717) is 12.3 Å². The van der Waals surface area contributed by atoms with Crippen LogP contribution in [0.2, 0.25) is 0 Å². The number of nitrogens with two attached hydrogens (primary N) is 1. The molecule has 3 heteroatoms. The van der Waals surface area contributed by atoms with Gasteiger partial charge < -0.3 is 10.6 Å². The van der Waals surface area contributed by atoms with Gasteiger partial charge in [0.05, 0.1) is 6.07 Å². The Morgan fingerprint density at radius 3 is 3.00 bits per heavy atom. The van der Waals surface area contributed by atoms with E-state index in [1.165, 1.54) is 25.9 Å².